The van der Waals surface area contributed by atoms with Gasteiger partial charge in [-0.2, -0.15) is 10.4 Å². The highest BCUT2D eigenvalue weighted by atomic mass is 16.5. The van der Waals surface area contributed by atoms with Gasteiger partial charge in [0.05, 0.1) is 29.3 Å². The summed E-state index contributed by atoms with van der Waals surface area (Å²) in [7, 11) is 1.60. The molecule has 192 valence electrons. The Morgan fingerprint density at radius 3 is 1.85 bits per heavy atom. The van der Waals surface area contributed by atoms with Crippen LogP contribution in [-0.2, 0) is 5.54 Å². The minimum absolute atomic E-state index is 0.454. The molecule has 5 heteroatoms. The van der Waals surface area contributed by atoms with Crippen molar-refractivity contribution in [1.29, 1.82) is 5.26 Å². The number of rotatable bonds is 7. The monoisotopic (exact) mass is 518 g/mol. The summed E-state index contributed by atoms with van der Waals surface area (Å²) in [4.78, 5) is 4.24. The Morgan fingerprint density at radius 1 is 0.750 bits per heavy atom. The zero-order valence-electron chi connectivity index (χ0n) is 22.0. The van der Waals surface area contributed by atoms with Crippen molar-refractivity contribution >= 4 is 23.1 Å². The molecule has 0 unspecified atom stereocenters. The van der Waals surface area contributed by atoms with Gasteiger partial charge in [0.2, 0.25) is 0 Å². The van der Waals surface area contributed by atoms with Crippen molar-refractivity contribution in [2.45, 2.75) is 5.54 Å². The molecule has 5 nitrogen and oxygen atoms in total. The molecule has 40 heavy (non-hydrogen) atoms. The molecule has 0 aliphatic rings. The molecule has 4 aromatic carbocycles. The summed E-state index contributed by atoms with van der Waals surface area (Å²) in [5, 5.41) is 16.0. The Morgan fingerprint density at radius 2 is 1.35 bits per heavy atom. The number of pyridine rings is 1. The van der Waals surface area contributed by atoms with Crippen LogP contribution in [0.4, 0.5) is 0 Å². The molecule has 0 amide bonds. The van der Waals surface area contributed by atoms with Crippen LogP contribution in [0.5, 0.6) is 5.75 Å². The van der Waals surface area contributed by atoms with Crippen molar-refractivity contribution in [3.05, 3.63) is 161 Å². The molecule has 0 radical (unpaired) electrons. The molecule has 6 rings (SSSR count). The lowest BCUT2D eigenvalue weighted by Gasteiger charge is -2.37. The van der Waals surface area contributed by atoms with Crippen LogP contribution in [0.2, 0.25) is 0 Å². The van der Waals surface area contributed by atoms with E-state index in [0.29, 0.717) is 17.0 Å². The van der Waals surface area contributed by atoms with Crippen molar-refractivity contribution in [3.8, 4) is 11.8 Å². The van der Waals surface area contributed by atoms with E-state index < -0.39 is 5.54 Å². The van der Waals surface area contributed by atoms with Gasteiger partial charge in [-0.05, 0) is 46.5 Å². The van der Waals surface area contributed by atoms with E-state index in [9.17, 15) is 5.26 Å². The van der Waals surface area contributed by atoms with Crippen LogP contribution in [0.15, 0.2) is 128 Å². The number of benzene rings is 4. The number of hydrogen-bond donors (Lipinski definition) is 0. The molecule has 0 fully saturated rings. The summed E-state index contributed by atoms with van der Waals surface area (Å²) < 4.78 is 7.94. The second-order valence-electron chi connectivity index (χ2n) is 9.38. The first-order valence-corrected chi connectivity index (χ1v) is 13.0. The van der Waals surface area contributed by atoms with Gasteiger partial charge in [0.25, 0.3) is 0 Å². The summed E-state index contributed by atoms with van der Waals surface area (Å²) >= 11 is 0. The fraction of sp³-hybridized carbons (Fsp3) is 0.0571. The van der Waals surface area contributed by atoms with Crippen LogP contribution in [0, 0.1) is 11.3 Å². The largest absolute Gasteiger partial charge is 0.495 e. The molecule has 0 saturated heterocycles. The van der Waals surface area contributed by atoms with Crippen LogP contribution in [0.25, 0.3) is 23.1 Å². The van der Waals surface area contributed by atoms with E-state index in [0.717, 1.165) is 33.2 Å². The maximum atomic E-state index is 9.93. The van der Waals surface area contributed by atoms with Gasteiger partial charge >= 0.3 is 0 Å². The first-order valence-electron chi connectivity index (χ1n) is 13.0. The highest BCUT2D eigenvalue weighted by Gasteiger charge is 2.41. The molecule has 0 saturated carbocycles. The first-order chi connectivity index (χ1) is 19.8. The Labute approximate surface area is 233 Å². The molecule has 0 N–H and O–H groups in total. The zero-order chi connectivity index (χ0) is 27.4. The lowest BCUT2D eigenvalue weighted by Crippen LogP contribution is -2.38. The van der Waals surface area contributed by atoms with Gasteiger partial charge in [-0.3, -0.25) is 4.98 Å². The third-order valence-corrected chi connectivity index (χ3v) is 7.16. The highest BCUT2D eigenvalue weighted by molar-refractivity contribution is 5.96. The minimum atomic E-state index is -0.818. The number of hydrogen-bond acceptors (Lipinski definition) is 4. The Bertz CT molecular complexity index is 1720. The van der Waals surface area contributed by atoms with Gasteiger partial charge in [-0.1, -0.05) is 103 Å². The standard InChI is InChI=1S/C35H26N4O/c1-40-34-27(24-36)20-22-32-33(34)31(21-19-26-12-11-23-37-25-26)38-39(32)35(28-13-5-2-6-14-28,29-15-7-3-8-16-29)30-17-9-4-10-18-30/h2-23,25H,1H3. The van der Waals surface area contributed by atoms with Gasteiger partial charge < -0.3 is 4.74 Å². The molecule has 0 aliphatic heterocycles. The summed E-state index contributed by atoms with van der Waals surface area (Å²) in [6.45, 7) is 0. The van der Waals surface area contributed by atoms with Gasteiger partial charge in [0.15, 0.2) is 0 Å². The average Bonchev–Trinajstić information content (AvgIpc) is 3.41. The Hall–Kier alpha value is -5.47. The normalized spacial score (nSPS) is 11.5. The Balaban J connectivity index is 1.77. The SMILES string of the molecule is COc1c(C#N)ccc2c1c(C=Cc1cccnc1)nn2C(c1ccccc1)(c1ccccc1)c1ccccc1. The predicted molar refractivity (Wildman–Crippen MR) is 159 cm³/mol. The topological polar surface area (TPSA) is 63.7 Å². The van der Waals surface area contributed by atoms with E-state index in [1.54, 1.807) is 25.6 Å². The molecule has 0 bridgehead atoms. The van der Waals surface area contributed by atoms with E-state index >= 15 is 0 Å². The van der Waals surface area contributed by atoms with Crippen molar-refractivity contribution < 1.29 is 4.74 Å². The summed E-state index contributed by atoms with van der Waals surface area (Å²) in [6, 6.07) is 41.2. The van der Waals surface area contributed by atoms with Gasteiger partial charge in [0.1, 0.15) is 17.4 Å². The van der Waals surface area contributed by atoms with Crippen molar-refractivity contribution in [1.82, 2.24) is 14.8 Å². The van der Waals surface area contributed by atoms with E-state index in [4.69, 9.17) is 9.84 Å². The maximum absolute atomic E-state index is 9.93. The van der Waals surface area contributed by atoms with Crippen LogP contribution < -0.4 is 4.74 Å². The van der Waals surface area contributed by atoms with Crippen LogP contribution in [-0.4, -0.2) is 21.9 Å². The number of fused-ring (bicyclic) bond motifs is 1. The summed E-state index contributed by atoms with van der Waals surface area (Å²) in [5.74, 6) is 0.500. The maximum Gasteiger partial charge on any atom is 0.148 e. The predicted octanol–water partition coefficient (Wildman–Crippen LogP) is 7.32. The second kappa shape index (κ2) is 10.7. The van der Waals surface area contributed by atoms with Gasteiger partial charge in [-0.25, -0.2) is 4.68 Å². The highest BCUT2D eigenvalue weighted by Crippen LogP contribution is 2.44. The number of nitrogens with zero attached hydrogens (tertiary/aromatic N) is 4. The van der Waals surface area contributed by atoms with Crippen molar-refractivity contribution in [3.63, 3.8) is 0 Å². The van der Waals surface area contributed by atoms with Crippen molar-refractivity contribution in [2.24, 2.45) is 0 Å². The molecular formula is C35H26N4O. The summed E-state index contributed by atoms with van der Waals surface area (Å²) in [5.41, 5.74) is 5.30. The lowest BCUT2D eigenvalue weighted by molar-refractivity contribution is 0.418. The van der Waals surface area contributed by atoms with Crippen LogP contribution in [0.3, 0.4) is 0 Å². The molecular weight excluding hydrogens is 492 g/mol. The minimum Gasteiger partial charge on any atom is -0.495 e. The number of ether oxygens (including phenoxy) is 1. The molecule has 6 aromatic rings. The van der Waals surface area contributed by atoms with Gasteiger partial charge in [-0.15, -0.1) is 0 Å². The molecule has 0 atom stereocenters. The fourth-order valence-corrected chi connectivity index (χ4v) is 5.43. The number of aromatic nitrogens is 3. The molecule has 0 spiro atoms. The average molecular weight is 519 g/mol. The Kier molecular flexibility index (Phi) is 6.66. The molecule has 2 aromatic heterocycles. The zero-order valence-corrected chi connectivity index (χ0v) is 22.0. The van der Waals surface area contributed by atoms with E-state index in [1.807, 2.05) is 48.6 Å². The van der Waals surface area contributed by atoms with Crippen LogP contribution >= 0.6 is 0 Å². The third-order valence-electron chi connectivity index (χ3n) is 7.16. The van der Waals surface area contributed by atoms with E-state index in [1.165, 1.54) is 0 Å². The molecule has 0 aliphatic carbocycles. The second-order valence-corrected chi connectivity index (χ2v) is 9.38. The van der Waals surface area contributed by atoms with E-state index in [-0.39, 0.29) is 0 Å². The summed E-state index contributed by atoms with van der Waals surface area (Å²) in [6.07, 6.45) is 7.49. The van der Waals surface area contributed by atoms with Crippen LogP contribution in [0.1, 0.15) is 33.5 Å². The van der Waals surface area contributed by atoms with Gasteiger partial charge in [0, 0.05) is 12.4 Å². The quantitative estimate of drug-likeness (QED) is 0.208. The fourth-order valence-electron chi connectivity index (χ4n) is 5.43. The van der Waals surface area contributed by atoms with E-state index in [2.05, 4.69) is 88.5 Å². The number of methoxy groups -OCH3 is 1. The first kappa shape index (κ1) is 24.8. The van der Waals surface area contributed by atoms with Crippen molar-refractivity contribution in [2.75, 3.05) is 7.11 Å². The smallest absolute Gasteiger partial charge is 0.148 e. The third kappa shape index (κ3) is 4.13. The number of nitriles is 1. The molecule has 2 heterocycles. The lowest BCUT2D eigenvalue weighted by atomic mass is 9.77.